The van der Waals surface area contributed by atoms with E-state index in [1.165, 1.54) is 0 Å². The van der Waals surface area contributed by atoms with E-state index in [9.17, 15) is 4.79 Å². The first kappa shape index (κ1) is 12.2. The molecule has 1 aliphatic rings. The Balaban J connectivity index is 1.92. The Bertz CT molecular complexity index is 436. The van der Waals surface area contributed by atoms with Gasteiger partial charge in [0.25, 0.3) is 0 Å². The number of benzene rings is 1. The van der Waals surface area contributed by atoms with Crippen molar-refractivity contribution in [2.45, 2.75) is 25.8 Å². The van der Waals surface area contributed by atoms with Crippen molar-refractivity contribution >= 4 is 33.3 Å². The molecular formula is C12H16BrN3O. The summed E-state index contributed by atoms with van der Waals surface area (Å²) in [5.41, 5.74) is 6.99. The van der Waals surface area contributed by atoms with Crippen LogP contribution in [0, 0.1) is 5.92 Å². The van der Waals surface area contributed by atoms with Gasteiger partial charge in [-0.1, -0.05) is 13.3 Å². The highest BCUT2D eigenvalue weighted by molar-refractivity contribution is 9.10. The molecule has 2 atom stereocenters. The van der Waals surface area contributed by atoms with E-state index in [2.05, 4.69) is 33.5 Å². The van der Waals surface area contributed by atoms with Gasteiger partial charge >= 0.3 is 6.03 Å². The summed E-state index contributed by atoms with van der Waals surface area (Å²) in [7, 11) is 0. The van der Waals surface area contributed by atoms with Crippen LogP contribution >= 0.6 is 15.9 Å². The third-order valence-corrected chi connectivity index (χ3v) is 3.69. The number of halogens is 1. The second kappa shape index (κ2) is 4.96. The third kappa shape index (κ3) is 3.12. The molecule has 2 rings (SSSR count). The fourth-order valence-electron chi connectivity index (χ4n) is 1.84. The van der Waals surface area contributed by atoms with E-state index in [1.54, 1.807) is 12.1 Å². The number of nitrogens with two attached hydrogens (primary N) is 1. The second-order valence-corrected chi connectivity index (χ2v) is 5.20. The van der Waals surface area contributed by atoms with E-state index in [0.717, 1.165) is 17.3 Å². The van der Waals surface area contributed by atoms with Crippen LogP contribution in [0.1, 0.15) is 19.8 Å². The van der Waals surface area contributed by atoms with E-state index in [4.69, 9.17) is 5.73 Å². The van der Waals surface area contributed by atoms with Crippen molar-refractivity contribution in [1.82, 2.24) is 5.32 Å². The molecule has 2 amide bonds. The van der Waals surface area contributed by atoms with E-state index in [0.29, 0.717) is 23.3 Å². The number of amides is 2. The van der Waals surface area contributed by atoms with Crippen LogP contribution in [0.4, 0.5) is 16.2 Å². The van der Waals surface area contributed by atoms with Crippen LogP contribution in [0.15, 0.2) is 22.7 Å². The number of nitrogen functional groups attached to an aromatic ring is 1. The average molecular weight is 298 g/mol. The number of urea groups is 1. The van der Waals surface area contributed by atoms with Crippen LogP contribution in [-0.2, 0) is 0 Å². The lowest BCUT2D eigenvalue weighted by atomic mass is 10.3. The molecule has 0 heterocycles. The molecule has 0 radical (unpaired) electrons. The summed E-state index contributed by atoms with van der Waals surface area (Å²) in [5, 5.41) is 5.73. The maximum atomic E-state index is 11.7. The van der Waals surface area contributed by atoms with Crippen molar-refractivity contribution in [2.24, 2.45) is 5.92 Å². The summed E-state index contributed by atoms with van der Waals surface area (Å²) in [6, 6.07) is 5.49. The zero-order valence-electron chi connectivity index (χ0n) is 9.66. The summed E-state index contributed by atoms with van der Waals surface area (Å²) in [6.07, 6.45) is 2.20. The van der Waals surface area contributed by atoms with Crippen molar-refractivity contribution in [2.75, 3.05) is 11.1 Å². The maximum Gasteiger partial charge on any atom is 0.319 e. The Morgan fingerprint density at radius 2 is 2.35 bits per heavy atom. The zero-order valence-corrected chi connectivity index (χ0v) is 11.3. The number of carbonyl (C=O) groups is 1. The van der Waals surface area contributed by atoms with Gasteiger partial charge in [0.05, 0.1) is 5.69 Å². The van der Waals surface area contributed by atoms with E-state index >= 15 is 0 Å². The minimum absolute atomic E-state index is 0.169. The normalized spacial score (nSPS) is 22.0. The number of hydrogen-bond donors (Lipinski definition) is 3. The van der Waals surface area contributed by atoms with Gasteiger partial charge in [0.15, 0.2) is 0 Å². The molecule has 92 valence electrons. The molecule has 1 saturated carbocycles. The van der Waals surface area contributed by atoms with E-state index in [1.807, 2.05) is 6.07 Å². The first-order chi connectivity index (χ1) is 8.10. The Morgan fingerprint density at radius 1 is 1.59 bits per heavy atom. The monoisotopic (exact) mass is 297 g/mol. The summed E-state index contributed by atoms with van der Waals surface area (Å²) < 4.78 is 0.824. The molecule has 0 bridgehead atoms. The van der Waals surface area contributed by atoms with E-state index < -0.39 is 0 Å². The number of anilines is 2. The van der Waals surface area contributed by atoms with Gasteiger partial charge in [-0.15, -0.1) is 0 Å². The summed E-state index contributed by atoms with van der Waals surface area (Å²) in [6.45, 7) is 2.14. The Hall–Kier alpha value is -1.23. The van der Waals surface area contributed by atoms with E-state index in [-0.39, 0.29) is 6.03 Å². The number of carbonyl (C=O) groups excluding carboxylic acids is 1. The van der Waals surface area contributed by atoms with Crippen molar-refractivity contribution in [3.05, 3.63) is 22.7 Å². The molecular weight excluding hydrogens is 282 g/mol. The molecule has 0 spiro atoms. The molecule has 1 aromatic carbocycles. The van der Waals surface area contributed by atoms with Gasteiger partial charge in [-0.05, 0) is 46.5 Å². The highest BCUT2D eigenvalue weighted by Crippen LogP contribution is 2.33. The van der Waals surface area contributed by atoms with Gasteiger partial charge in [-0.25, -0.2) is 4.79 Å². The minimum atomic E-state index is -0.169. The minimum Gasteiger partial charge on any atom is -0.399 e. The summed E-state index contributed by atoms with van der Waals surface area (Å²) >= 11 is 3.37. The maximum absolute atomic E-state index is 11.7. The van der Waals surface area contributed by atoms with Gasteiger partial charge in [0.2, 0.25) is 0 Å². The lowest BCUT2D eigenvalue weighted by Gasteiger charge is -2.09. The smallest absolute Gasteiger partial charge is 0.319 e. The standard InChI is InChI=1S/C12H16BrN3O/c1-2-7-5-10(7)15-12(17)16-11-6-8(14)3-4-9(11)13/h3-4,6-7,10H,2,5,14H2,1H3,(H2,15,16,17). The van der Waals surface area contributed by atoms with Crippen LogP contribution in [0.2, 0.25) is 0 Å². The molecule has 4 nitrogen and oxygen atoms in total. The molecule has 0 aromatic heterocycles. The average Bonchev–Trinajstić information content (AvgIpc) is 3.02. The summed E-state index contributed by atoms with van der Waals surface area (Å²) in [5.74, 6) is 0.644. The molecule has 1 aromatic rings. The van der Waals surface area contributed by atoms with Gasteiger partial charge in [0, 0.05) is 16.2 Å². The predicted molar refractivity (Wildman–Crippen MR) is 72.9 cm³/mol. The second-order valence-electron chi connectivity index (χ2n) is 4.35. The molecule has 0 aliphatic heterocycles. The van der Waals surface area contributed by atoms with Crippen molar-refractivity contribution in [1.29, 1.82) is 0 Å². The topological polar surface area (TPSA) is 67.2 Å². The van der Waals surface area contributed by atoms with Gasteiger partial charge in [0.1, 0.15) is 0 Å². The Morgan fingerprint density at radius 3 is 3.00 bits per heavy atom. The fourth-order valence-corrected chi connectivity index (χ4v) is 2.19. The fraction of sp³-hybridized carbons (Fsp3) is 0.417. The lowest BCUT2D eigenvalue weighted by molar-refractivity contribution is 0.251. The third-order valence-electron chi connectivity index (χ3n) is 3.00. The van der Waals surface area contributed by atoms with Crippen molar-refractivity contribution < 1.29 is 4.79 Å². The number of hydrogen-bond acceptors (Lipinski definition) is 2. The predicted octanol–water partition coefficient (Wildman–Crippen LogP) is 2.95. The van der Waals surface area contributed by atoms with Crippen LogP contribution in [-0.4, -0.2) is 12.1 Å². The number of rotatable bonds is 3. The molecule has 2 unspecified atom stereocenters. The highest BCUT2D eigenvalue weighted by atomic mass is 79.9. The van der Waals surface area contributed by atoms with Crippen LogP contribution in [0.5, 0.6) is 0 Å². The molecule has 4 N–H and O–H groups in total. The van der Waals surface area contributed by atoms with Gasteiger partial charge < -0.3 is 16.4 Å². The van der Waals surface area contributed by atoms with Crippen LogP contribution in [0.3, 0.4) is 0 Å². The first-order valence-corrected chi connectivity index (χ1v) is 6.52. The van der Waals surface area contributed by atoms with Crippen LogP contribution < -0.4 is 16.4 Å². The molecule has 1 aliphatic carbocycles. The van der Waals surface area contributed by atoms with Crippen molar-refractivity contribution in [3.63, 3.8) is 0 Å². The summed E-state index contributed by atoms with van der Waals surface area (Å²) in [4.78, 5) is 11.7. The largest absolute Gasteiger partial charge is 0.399 e. The number of nitrogens with one attached hydrogen (secondary N) is 2. The molecule has 1 fully saturated rings. The molecule has 5 heteroatoms. The zero-order chi connectivity index (χ0) is 12.4. The van der Waals surface area contributed by atoms with Gasteiger partial charge in [-0.2, -0.15) is 0 Å². The highest BCUT2D eigenvalue weighted by Gasteiger charge is 2.36. The quantitative estimate of drug-likeness (QED) is 0.751. The molecule has 17 heavy (non-hydrogen) atoms. The van der Waals surface area contributed by atoms with Gasteiger partial charge in [-0.3, -0.25) is 0 Å². The SMILES string of the molecule is CCC1CC1NC(=O)Nc1cc(N)ccc1Br. The Labute approximate surface area is 109 Å². The Kier molecular flexibility index (Phi) is 3.57. The molecule has 0 saturated heterocycles. The van der Waals surface area contributed by atoms with Crippen LogP contribution in [0.25, 0.3) is 0 Å². The lowest BCUT2D eigenvalue weighted by Crippen LogP contribution is -2.31. The van der Waals surface area contributed by atoms with Crippen molar-refractivity contribution in [3.8, 4) is 0 Å². The first-order valence-electron chi connectivity index (χ1n) is 5.72.